The molecule has 5 aromatic rings. The third-order valence-corrected chi connectivity index (χ3v) is 17.0. The number of unbranched alkanes of at least 4 members (excludes halogenated alkanes) is 1. The molecule has 28 heteroatoms. The van der Waals surface area contributed by atoms with Gasteiger partial charge in [0, 0.05) is 65.7 Å². The molecule has 0 saturated carbocycles. The summed E-state index contributed by atoms with van der Waals surface area (Å²) in [6, 6.07) is 18.0. The number of fused-ring (bicyclic) bond motifs is 1. The van der Waals surface area contributed by atoms with Crippen molar-refractivity contribution in [3.63, 3.8) is 0 Å². The molecule has 0 unspecified atom stereocenters. The summed E-state index contributed by atoms with van der Waals surface area (Å²) in [5, 5.41) is 49.1. The second kappa shape index (κ2) is 34.1. The molecular formula is C63H82N12O13S3. The lowest BCUT2D eigenvalue weighted by atomic mass is 10.0. The van der Waals surface area contributed by atoms with Crippen molar-refractivity contribution in [2.45, 2.75) is 151 Å². The molecule has 0 spiro atoms. The number of aliphatic hydroxyl groups excluding tert-OH is 1. The van der Waals surface area contributed by atoms with E-state index in [-0.39, 0.29) is 68.9 Å². The molecule has 0 radical (unpaired) electrons. The monoisotopic (exact) mass is 1310 g/mol. The molecule has 1 saturated heterocycles. The number of ether oxygens (including phenoxy) is 1. The summed E-state index contributed by atoms with van der Waals surface area (Å²) >= 11 is 4.47. The van der Waals surface area contributed by atoms with Gasteiger partial charge in [-0.3, -0.25) is 38.4 Å². The molecule has 25 nitrogen and oxygen atoms in total. The van der Waals surface area contributed by atoms with Gasteiger partial charge in [-0.1, -0.05) is 113 Å². The van der Waals surface area contributed by atoms with Gasteiger partial charge in [0.05, 0.1) is 6.10 Å². The number of para-hydroxylation sites is 1. The summed E-state index contributed by atoms with van der Waals surface area (Å²) in [4.78, 5) is 146. The van der Waals surface area contributed by atoms with E-state index in [2.05, 4.69) is 70.8 Å². The molecule has 1 aliphatic rings. The minimum atomic E-state index is -1.80. The van der Waals surface area contributed by atoms with E-state index < -0.39 is 124 Å². The number of nitrogens with two attached hydrogens (primary N) is 1. The maximum atomic E-state index is 15.2. The number of thiol groups is 1. The fourth-order valence-electron chi connectivity index (χ4n) is 9.55. The summed E-state index contributed by atoms with van der Waals surface area (Å²) in [5.74, 6) is -8.19. The molecule has 1 fully saturated rings. The van der Waals surface area contributed by atoms with Crippen LogP contribution < -0.4 is 58.9 Å². The first-order valence-corrected chi connectivity index (χ1v) is 32.6. The van der Waals surface area contributed by atoms with Crippen LogP contribution in [0.5, 0.6) is 5.75 Å². The van der Waals surface area contributed by atoms with Crippen LogP contribution in [0.1, 0.15) is 83.1 Å². The third kappa shape index (κ3) is 23.4. The van der Waals surface area contributed by atoms with Gasteiger partial charge in [0.1, 0.15) is 59.7 Å². The minimum absolute atomic E-state index is 0.0423. The second-order valence-electron chi connectivity index (χ2n) is 23.5. The molecule has 1 aromatic heterocycles. The zero-order valence-electron chi connectivity index (χ0n) is 51.5. The number of hydrogen-bond donors (Lipinski definition) is 15. The average molecular weight is 1310 g/mol. The quantitative estimate of drug-likeness (QED) is 0.0285. The molecule has 1 aliphatic heterocycles. The fraction of sp³-hybridized carbons (Fsp3) is 0.429. The standard InChI is InChI=1S/C63H82N12O13S3/c1-36(76)50-59(85)72-49(58(84)75-51(52(64)78)63(5,6)89)35-91-90-34-48(71-55(81)46(29-37-17-9-7-10-18-37)73-60(86)67-32-39-19-11-8-12-20-39)57(83)69-45(30-38-24-26-41(77)27-25-38)54(80)70-47(31-40-33-66-43-22-14-13-21-42(40)43)56(82)68-44(53(79)74-50)23-15-16-28-65-61(87)88-62(2,3)4/h7-14,17-22,24-27,33,36,44-51,66,76-77,89H,15-16,23,28-32,34-35H2,1-6H3,(H2,64,78)(H,65,87)(H,68,82)(H,69,83)(H,70,80)(H,71,81)(H,72,85)(H,74,79)(H,75,84)(H2,67,73,86)/t36-,44+,45+,46-,47-,48+,49+,50+,51+/m1/s1. The van der Waals surface area contributed by atoms with Crippen LogP contribution in [-0.2, 0) is 68.9 Å². The summed E-state index contributed by atoms with van der Waals surface area (Å²) < 4.78 is 4.12. The van der Waals surface area contributed by atoms with Gasteiger partial charge < -0.3 is 78.8 Å². The number of aromatic hydroxyl groups is 1. The van der Waals surface area contributed by atoms with Crippen LogP contribution in [0.25, 0.3) is 10.9 Å². The summed E-state index contributed by atoms with van der Waals surface area (Å²) in [6.07, 6.45) is -0.861. The van der Waals surface area contributed by atoms with Crippen molar-refractivity contribution < 1.29 is 62.9 Å². The van der Waals surface area contributed by atoms with Crippen LogP contribution in [0.15, 0.2) is 115 Å². The number of carbonyl (C=O) groups is 10. The van der Waals surface area contributed by atoms with Gasteiger partial charge in [0.25, 0.3) is 0 Å². The zero-order valence-corrected chi connectivity index (χ0v) is 54.0. The maximum Gasteiger partial charge on any atom is 0.407 e. The number of phenolic OH excluding ortho intramolecular Hbond substituents is 1. The van der Waals surface area contributed by atoms with Crippen molar-refractivity contribution in [2.24, 2.45) is 5.73 Å². The lowest BCUT2D eigenvalue weighted by Crippen LogP contribution is -2.63. The van der Waals surface area contributed by atoms with E-state index >= 15 is 14.4 Å². The lowest BCUT2D eigenvalue weighted by Gasteiger charge is -2.31. The fourth-order valence-corrected chi connectivity index (χ4v) is 12.1. The van der Waals surface area contributed by atoms with Gasteiger partial charge in [0.2, 0.25) is 47.3 Å². The largest absolute Gasteiger partial charge is 0.508 e. The van der Waals surface area contributed by atoms with Crippen molar-refractivity contribution in [2.75, 3.05) is 18.1 Å². The Morgan fingerprint density at radius 3 is 1.91 bits per heavy atom. The highest BCUT2D eigenvalue weighted by Gasteiger charge is 2.39. The summed E-state index contributed by atoms with van der Waals surface area (Å²) in [7, 11) is 1.89. The van der Waals surface area contributed by atoms with Crippen LogP contribution in [0, 0.1) is 0 Å². The number of H-pyrrole nitrogens is 1. The number of aromatic nitrogens is 1. The molecule has 11 amide bonds. The van der Waals surface area contributed by atoms with Crippen molar-refractivity contribution >= 4 is 105 Å². The Bertz CT molecular complexity index is 3310. The number of phenols is 1. The number of urea groups is 1. The Balaban J connectivity index is 1.42. The number of alkyl carbamates (subject to hydrolysis) is 1. The van der Waals surface area contributed by atoms with E-state index in [9.17, 15) is 43.8 Å². The number of primary amides is 1. The van der Waals surface area contributed by atoms with Gasteiger partial charge in [-0.2, -0.15) is 12.6 Å². The summed E-state index contributed by atoms with van der Waals surface area (Å²) in [5.41, 5.74) is 8.06. The zero-order chi connectivity index (χ0) is 66.4. The molecule has 15 N–H and O–H groups in total. The number of benzene rings is 4. The number of hydrogen-bond acceptors (Lipinski definition) is 16. The summed E-state index contributed by atoms with van der Waals surface area (Å²) in [6.45, 7) is 9.56. The van der Waals surface area contributed by atoms with Crippen molar-refractivity contribution in [1.82, 2.24) is 58.2 Å². The normalized spacial score (nSPS) is 20.1. The first-order valence-electron chi connectivity index (χ1n) is 29.6. The lowest BCUT2D eigenvalue weighted by molar-refractivity contribution is -0.136. The van der Waals surface area contributed by atoms with Crippen LogP contribution in [-0.4, -0.2) is 157 Å². The van der Waals surface area contributed by atoms with E-state index in [0.29, 0.717) is 27.6 Å². The minimum Gasteiger partial charge on any atom is -0.508 e. The van der Waals surface area contributed by atoms with Crippen molar-refractivity contribution in [3.8, 4) is 5.75 Å². The Labute approximate surface area is 541 Å². The smallest absolute Gasteiger partial charge is 0.407 e. The van der Waals surface area contributed by atoms with Crippen LogP contribution in [0.4, 0.5) is 9.59 Å². The molecule has 4 aromatic carbocycles. The number of rotatable bonds is 21. The molecule has 9 atom stereocenters. The van der Waals surface area contributed by atoms with E-state index in [1.54, 1.807) is 87.6 Å². The average Bonchev–Trinajstić information content (AvgIpc) is 2.17. The topological polar surface area (TPSA) is 382 Å². The molecule has 2 heterocycles. The molecule has 0 bridgehead atoms. The molecule has 91 heavy (non-hydrogen) atoms. The Morgan fingerprint density at radius 1 is 0.681 bits per heavy atom. The Morgan fingerprint density at radius 2 is 1.27 bits per heavy atom. The van der Waals surface area contributed by atoms with Gasteiger partial charge >= 0.3 is 12.1 Å². The highest BCUT2D eigenvalue weighted by molar-refractivity contribution is 8.76. The number of carbonyl (C=O) groups excluding carboxylic acids is 10. The van der Waals surface area contributed by atoms with E-state index in [1.165, 1.54) is 45.0 Å². The first kappa shape index (κ1) is 71.6. The predicted molar refractivity (Wildman–Crippen MR) is 350 cm³/mol. The Hall–Kier alpha value is -8.47. The molecular weight excluding hydrogens is 1230 g/mol. The van der Waals surface area contributed by atoms with Crippen molar-refractivity contribution in [1.29, 1.82) is 0 Å². The number of amides is 11. The van der Waals surface area contributed by atoms with Gasteiger partial charge in [-0.15, -0.1) is 0 Å². The maximum absolute atomic E-state index is 15.2. The van der Waals surface area contributed by atoms with Crippen LogP contribution in [0.3, 0.4) is 0 Å². The van der Waals surface area contributed by atoms with Gasteiger partial charge in [-0.25, -0.2) is 9.59 Å². The highest BCUT2D eigenvalue weighted by Crippen LogP contribution is 2.26. The van der Waals surface area contributed by atoms with Gasteiger partial charge in [-0.05, 0) is 101 Å². The van der Waals surface area contributed by atoms with Crippen LogP contribution in [0.2, 0.25) is 0 Å². The molecule has 0 aliphatic carbocycles. The predicted octanol–water partition coefficient (Wildman–Crippen LogP) is 2.83. The SMILES string of the molecule is C[C@@H](O)[C@@H]1NC(=O)[C@H](CCCCNC(=O)OC(C)(C)C)NC(=O)[C@@H](Cc2c[nH]c3ccccc23)NC(=O)[C@H](Cc2ccc(O)cc2)NC(=O)[C@@H](NC(=O)[C@@H](Cc2ccccc2)NC(=O)NCc2ccccc2)CSSC[C@@H](C(=O)N[C@@H](C(N)=O)C(C)(C)S)NC1=O. The third-order valence-electron chi connectivity index (χ3n) is 14.3. The number of aliphatic hydroxyl groups is 1. The van der Waals surface area contributed by atoms with Gasteiger partial charge in [0.15, 0.2) is 0 Å². The number of nitrogens with one attached hydrogen (secondary N) is 11. The van der Waals surface area contributed by atoms with E-state index in [1.807, 2.05) is 24.3 Å². The van der Waals surface area contributed by atoms with E-state index in [0.717, 1.165) is 27.2 Å². The van der Waals surface area contributed by atoms with E-state index in [4.69, 9.17) is 10.5 Å². The Kier molecular flexibility index (Phi) is 26.8. The first-order chi connectivity index (χ1) is 43.1. The highest BCUT2D eigenvalue weighted by atomic mass is 33.1. The number of aromatic amines is 1. The van der Waals surface area contributed by atoms with Crippen molar-refractivity contribution in [3.05, 3.63) is 138 Å². The molecule has 6 rings (SSSR count). The second-order valence-corrected chi connectivity index (χ2v) is 27.2. The van der Waals surface area contributed by atoms with Crippen LogP contribution >= 0.6 is 34.2 Å². The molecule has 490 valence electrons.